The number of likely N-dealkylation sites (N-methyl/N-ethyl adjacent to an activating group) is 1. The van der Waals surface area contributed by atoms with E-state index in [9.17, 15) is 4.79 Å². The third kappa shape index (κ3) is 4.36. The molecule has 0 fully saturated rings. The summed E-state index contributed by atoms with van der Waals surface area (Å²) in [6, 6.07) is 7.24. The Morgan fingerprint density at radius 2 is 1.94 bits per heavy atom. The van der Waals surface area contributed by atoms with Crippen molar-refractivity contribution < 1.29 is 9.53 Å². The van der Waals surface area contributed by atoms with Crippen molar-refractivity contribution in [2.24, 2.45) is 0 Å². The van der Waals surface area contributed by atoms with Gasteiger partial charge in [-0.05, 0) is 38.1 Å². The molecule has 0 bridgehead atoms. The Bertz CT molecular complexity index is 374. The lowest BCUT2D eigenvalue weighted by molar-refractivity contribution is -0.151. The molecule has 3 nitrogen and oxygen atoms in total. The minimum Gasteiger partial charge on any atom is -0.459 e. The molecule has 0 unspecified atom stereocenters. The van der Waals surface area contributed by atoms with Gasteiger partial charge in [-0.15, -0.1) is 0 Å². The maximum absolute atomic E-state index is 11.8. The molecule has 1 N–H and O–H groups in total. The average Bonchev–Trinajstić information content (AvgIpc) is 2.27. The molecular weight excluding hydrogens is 238 g/mol. The van der Waals surface area contributed by atoms with Crippen molar-refractivity contribution >= 4 is 17.6 Å². The predicted octanol–water partition coefficient (Wildman–Crippen LogP) is 2.77. The van der Waals surface area contributed by atoms with Crippen LogP contribution in [0.5, 0.6) is 0 Å². The summed E-state index contributed by atoms with van der Waals surface area (Å²) in [5, 5.41) is 3.75. The number of nitrogens with one attached hydrogen (secondary N) is 1. The molecule has 1 aromatic carbocycles. The number of ether oxygens (including phenoxy) is 1. The van der Waals surface area contributed by atoms with Crippen LogP contribution in [0.15, 0.2) is 24.3 Å². The molecule has 0 amide bonds. The second-order valence-corrected chi connectivity index (χ2v) is 4.79. The second-order valence-electron chi connectivity index (χ2n) is 4.36. The lowest BCUT2D eigenvalue weighted by Gasteiger charge is -2.23. The summed E-state index contributed by atoms with van der Waals surface area (Å²) >= 11 is 5.77. The first kappa shape index (κ1) is 14.0. The Balaban J connectivity index is 2.50. The van der Waals surface area contributed by atoms with E-state index in [1.165, 1.54) is 0 Å². The monoisotopic (exact) mass is 255 g/mol. The summed E-state index contributed by atoms with van der Waals surface area (Å²) in [4.78, 5) is 11.8. The van der Waals surface area contributed by atoms with Crippen LogP contribution < -0.4 is 5.32 Å². The van der Waals surface area contributed by atoms with Crippen LogP contribution in [0.1, 0.15) is 26.3 Å². The molecule has 0 radical (unpaired) electrons. The SMILES string of the molecule is CCNC(C)(C)C(=O)OCc1ccc(Cl)cc1. The van der Waals surface area contributed by atoms with E-state index in [0.29, 0.717) is 5.02 Å². The summed E-state index contributed by atoms with van der Waals surface area (Å²) in [5.74, 6) is -0.255. The number of halogens is 1. The van der Waals surface area contributed by atoms with Crippen molar-refractivity contribution in [2.75, 3.05) is 6.54 Å². The second kappa shape index (κ2) is 6.03. The van der Waals surface area contributed by atoms with Gasteiger partial charge in [0.15, 0.2) is 0 Å². The molecule has 0 aliphatic heterocycles. The number of carbonyl (C=O) groups is 1. The number of esters is 1. The number of hydrogen-bond donors (Lipinski definition) is 1. The molecule has 0 aliphatic carbocycles. The molecule has 0 aliphatic rings. The quantitative estimate of drug-likeness (QED) is 0.823. The van der Waals surface area contributed by atoms with Gasteiger partial charge < -0.3 is 10.1 Å². The lowest BCUT2D eigenvalue weighted by atomic mass is 10.1. The van der Waals surface area contributed by atoms with Gasteiger partial charge in [-0.3, -0.25) is 4.79 Å². The van der Waals surface area contributed by atoms with Crippen molar-refractivity contribution in [3.8, 4) is 0 Å². The van der Waals surface area contributed by atoms with E-state index in [2.05, 4.69) is 5.32 Å². The normalized spacial score (nSPS) is 11.3. The van der Waals surface area contributed by atoms with Crippen LogP contribution in [0.25, 0.3) is 0 Å². The molecule has 17 heavy (non-hydrogen) atoms. The van der Waals surface area contributed by atoms with Gasteiger partial charge in [0.1, 0.15) is 12.1 Å². The molecule has 0 saturated carbocycles. The largest absolute Gasteiger partial charge is 0.459 e. The first-order valence-electron chi connectivity index (χ1n) is 5.62. The summed E-state index contributed by atoms with van der Waals surface area (Å²) in [5.41, 5.74) is 0.274. The first-order chi connectivity index (χ1) is 7.95. The molecule has 0 saturated heterocycles. The van der Waals surface area contributed by atoms with E-state index < -0.39 is 5.54 Å². The lowest BCUT2D eigenvalue weighted by Crippen LogP contribution is -2.47. The van der Waals surface area contributed by atoms with Gasteiger partial charge in [0.25, 0.3) is 0 Å². The van der Waals surface area contributed by atoms with Gasteiger partial charge in [0.05, 0.1) is 0 Å². The Morgan fingerprint density at radius 3 is 2.47 bits per heavy atom. The van der Waals surface area contributed by atoms with Crippen LogP contribution in [0.4, 0.5) is 0 Å². The van der Waals surface area contributed by atoms with Crippen LogP contribution in [0, 0.1) is 0 Å². The molecule has 1 rings (SSSR count). The molecule has 94 valence electrons. The summed E-state index contributed by atoms with van der Waals surface area (Å²) < 4.78 is 5.24. The van der Waals surface area contributed by atoms with E-state index in [1.54, 1.807) is 26.0 Å². The van der Waals surface area contributed by atoms with Gasteiger partial charge in [0.2, 0.25) is 0 Å². The highest BCUT2D eigenvalue weighted by Crippen LogP contribution is 2.12. The number of benzene rings is 1. The fourth-order valence-electron chi connectivity index (χ4n) is 1.42. The van der Waals surface area contributed by atoms with E-state index in [-0.39, 0.29) is 12.6 Å². The van der Waals surface area contributed by atoms with Crippen LogP contribution in [-0.2, 0) is 16.1 Å². The molecule has 1 aromatic rings. The fraction of sp³-hybridized carbons (Fsp3) is 0.462. The minimum atomic E-state index is -0.652. The van der Waals surface area contributed by atoms with Crippen molar-refractivity contribution in [1.82, 2.24) is 5.32 Å². The van der Waals surface area contributed by atoms with Crippen molar-refractivity contribution in [1.29, 1.82) is 0 Å². The number of rotatable bonds is 5. The molecule has 0 atom stereocenters. The predicted molar refractivity (Wildman–Crippen MR) is 69.0 cm³/mol. The Hall–Kier alpha value is -1.06. The highest BCUT2D eigenvalue weighted by molar-refractivity contribution is 6.30. The maximum atomic E-state index is 11.8. The highest BCUT2D eigenvalue weighted by atomic mass is 35.5. The molecule has 4 heteroatoms. The van der Waals surface area contributed by atoms with E-state index in [1.807, 2.05) is 19.1 Å². The van der Waals surface area contributed by atoms with Gasteiger partial charge in [-0.2, -0.15) is 0 Å². The average molecular weight is 256 g/mol. The van der Waals surface area contributed by atoms with Crippen LogP contribution in [0.3, 0.4) is 0 Å². The van der Waals surface area contributed by atoms with E-state index in [4.69, 9.17) is 16.3 Å². The minimum absolute atomic E-state index is 0.255. The summed E-state index contributed by atoms with van der Waals surface area (Å²) in [6.07, 6.45) is 0. The zero-order valence-electron chi connectivity index (χ0n) is 10.4. The van der Waals surface area contributed by atoms with Crippen molar-refractivity contribution in [3.05, 3.63) is 34.9 Å². The van der Waals surface area contributed by atoms with E-state index >= 15 is 0 Å². The van der Waals surface area contributed by atoms with Gasteiger partial charge in [0, 0.05) is 5.02 Å². The highest BCUT2D eigenvalue weighted by Gasteiger charge is 2.27. The fourth-order valence-corrected chi connectivity index (χ4v) is 1.55. The molecule has 0 heterocycles. The Kier molecular flexibility index (Phi) is 4.97. The number of carbonyl (C=O) groups excluding carboxylic acids is 1. The van der Waals surface area contributed by atoms with Gasteiger partial charge >= 0.3 is 5.97 Å². The van der Waals surface area contributed by atoms with E-state index in [0.717, 1.165) is 12.1 Å². The van der Waals surface area contributed by atoms with Crippen LogP contribution in [-0.4, -0.2) is 18.1 Å². The van der Waals surface area contributed by atoms with Crippen LogP contribution in [0.2, 0.25) is 5.02 Å². The molecule has 0 aromatic heterocycles. The topological polar surface area (TPSA) is 38.3 Å². The standard InChI is InChI=1S/C13H18ClNO2/c1-4-15-13(2,3)12(16)17-9-10-5-7-11(14)8-6-10/h5-8,15H,4,9H2,1-3H3. The first-order valence-corrected chi connectivity index (χ1v) is 6.00. The third-order valence-corrected chi connectivity index (χ3v) is 2.66. The third-order valence-electron chi connectivity index (χ3n) is 2.41. The maximum Gasteiger partial charge on any atom is 0.326 e. The Morgan fingerprint density at radius 1 is 1.35 bits per heavy atom. The zero-order chi connectivity index (χ0) is 12.9. The van der Waals surface area contributed by atoms with Gasteiger partial charge in [-0.25, -0.2) is 0 Å². The summed E-state index contributed by atoms with van der Waals surface area (Å²) in [6.45, 7) is 6.56. The smallest absolute Gasteiger partial charge is 0.326 e. The number of hydrogen-bond acceptors (Lipinski definition) is 3. The zero-order valence-corrected chi connectivity index (χ0v) is 11.2. The summed E-state index contributed by atoms with van der Waals surface area (Å²) in [7, 11) is 0. The van der Waals surface area contributed by atoms with Gasteiger partial charge in [-0.1, -0.05) is 30.7 Å². The molecular formula is C13H18ClNO2. The van der Waals surface area contributed by atoms with Crippen molar-refractivity contribution in [2.45, 2.75) is 32.9 Å². The van der Waals surface area contributed by atoms with Crippen molar-refractivity contribution in [3.63, 3.8) is 0 Å². The Labute approximate surface area is 107 Å². The molecule has 0 spiro atoms. The van der Waals surface area contributed by atoms with Crippen LogP contribution >= 0.6 is 11.6 Å².